The van der Waals surface area contributed by atoms with Crippen LogP contribution in [-0.2, 0) is 0 Å². The van der Waals surface area contributed by atoms with Crippen LogP contribution < -0.4 is 5.73 Å². The van der Waals surface area contributed by atoms with Gasteiger partial charge in [-0.1, -0.05) is 23.7 Å². The number of nitrogens with zero attached hydrogens (tertiary/aromatic N) is 1. The zero-order valence-corrected chi connectivity index (χ0v) is 11.4. The molecule has 0 amide bonds. The molecule has 2 aromatic carbocycles. The molecule has 0 bridgehead atoms. The highest BCUT2D eigenvalue weighted by Gasteiger charge is 2.20. The first-order valence-electron chi connectivity index (χ1n) is 5.86. The third-order valence-electron chi connectivity index (χ3n) is 3.12. The van der Waals surface area contributed by atoms with E-state index in [1.807, 2.05) is 0 Å². The van der Waals surface area contributed by atoms with Crippen LogP contribution in [0.5, 0.6) is 0 Å². The number of hydrogen-bond donors (Lipinski definition) is 1. The predicted octanol–water partition coefficient (Wildman–Crippen LogP) is 3.74. The number of benzene rings is 2. The van der Waals surface area contributed by atoms with Gasteiger partial charge in [0.15, 0.2) is 0 Å². The van der Waals surface area contributed by atoms with Crippen molar-refractivity contribution in [3.05, 3.63) is 74.0 Å². The highest BCUT2D eigenvalue weighted by atomic mass is 35.5. The molecule has 0 aromatic heterocycles. The Morgan fingerprint density at radius 3 is 2.65 bits per heavy atom. The molecule has 0 radical (unpaired) electrons. The molecule has 0 aliphatic rings. The first-order chi connectivity index (χ1) is 9.41. The van der Waals surface area contributed by atoms with Crippen LogP contribution in [0.3, 0.4) is 0 Å². The van der Waals surface area contributed by atoms with Gasteiger partial charge < -0.3 is 5.73 Å². The molecular weight excluding hydrogens is 283 g/mol. The molecule has 2 aromatic rings. The molecule has 0 spiro atoms. The minimum absolute atomic E-state index is 0.0893. The summed E-state index contributed by atoms with van der Waals surface area (Å²) in [5, 5.41) is 11.0. The Kier molecular flexibility index (Phi) is 4.01. The van der Waals surface area contributed by atoms with Gasteiger partial charge in [0, 0.05) is 22.7 Å². The van der Waals surface area contributed by atoms with E-state index in [1.54, 1.807) is 13.0 Å². The Labute approximate surface area is 120 Å². The standard InChI is InChI=1S/C14H12ClFN2O2/c1-8-5-6-9(18(19)20)7-10(8)14(17)13-11(15)3-2-4-12(13)16/h2-7,14H,17H2,1H3. The predicted molar refractivity (Wildman–Crippen MR) is 75.3 cm³/mol. The van der Waals surface area contributed by atoms with Crippen LogP contribution in [0.2, 0.25) is 5.02 Å². The Hall–Kier alpha value is -1.98. The lowest BCUT2D eigenvalue weighted by Crippen LogP contribution is -2.15. The summed E-state index contributed by atoms with van der Waals surface area (Å²) in [4.78, 5) is 10.3. The summed E-state index contributed by atoms with van der Waals surface area (Å²) in [6.45, 7) is 1.76. The molecular formula is C14H12ClFN2O2. The monoisotopic (exact) mass is 294 g/mol. The number of nitro groups is 1. The highest BCUT2D eigenvalue weighted by molar-refractivity contribution is 6.31. The molecule has 0 aliphatic heterocycles. The number of aryl methyl sites for hydroxylation is 1. The molecule has 1 atom stereocenters. The van der Waals surface area contributed by atoms with Gasteiger partial charge in [0.1, 0.15) is 5.82 Å². The number of nitrogens with two attached hydrogens (primary N) is 1. The number of non-ortho nitro benzene ring substituents is 1. The molecule has 104 valence electrons. The SMILES string of the molecule is Cc1ccc([N+](=O)[O-])cc1C(N)c1c(F)cccc1Cl. The van der Waals surface area contributed by atoms with E-state index in [9.17, 15) is 14.5 Å². The Bertz CT molecular complexity index is 656. The van der Waals surface area contributed by atoms with Gasteiger partial charge in [-0.2, -0.15) is 0 Å². The van der Waals surface area contributed by atoms with Crippen LogP contribution in [0.1, 0.15) is 22.7 Å². The van der Waals surface area contributed by atoms with Crippen LogP contribution in [0, 0.1) is 22.9 Å². The summed E-state index contributed by atoms with van der Waals surface area (Å²) in [6, 6.07) is 7.73. The summed E-state index contributed by atoms with van der Waals surface area (Å²) >= 11 is 5.98. The van der Waals surface area contributed by atoms with Crippen molar-refractivity contribution in [2.45, 2.75) is 13.0 Å². The van der Waals surface area contributed by atoms with Crippen LogP contribution in [-0.4, -0.2) is 4.92 Å². The summed E-state index contributed by atoms with van der Waals surface area (Å²) in [5.74, 6) is -0.532. The molecule has 6 heteroatoms. The van der Waals surface area contributed by atoms with Gasteiger partial charge >= 0.3 is 0 Å². The average molecular weight is 295 g/mol. The van der Waals surface area contributed by atoms with E-state index in [0.29, 0.717) is 5.56 Å². The highest BCUT2D eigenvalue weighted by Crippen LogP contribution is 2.32. The topological polar surface area (TPSA) is 69.2 Å². The fourth-order valence-electron chi connectivity index (χ4n) is 2.04. The lowest BCUT2D eigenvalue weighted by Gasteiger charge is -2.17. The lowest BCUT2D eigenvalue weighted by molar-refractivity contribution is -0.384. The maximum absolute atomic E-state index is 13.9. The van der Waals surface area contributed by atoms with Crippen molar-refractivity contribution in [2.24, 2.45) is 5.73 Å². The number of nitro benzene ring substituents is 1. The molecule has 0 aliphatic carbocycles. The second kappa shape index (κ2) is 5.56. The van der Waals surface area contributed by atoms with Gasteiger partial charge in [0.25, 0.3) is 5.69 Å². The lowest BCUT2D eigenvalue weighted by atomic mass is 9.95. The van der Waals surface area contributed by atoms with Gasteiger partial charge in [0.2, 0.25) is 0 Å². The zero-order valence-electron chi connectivity index (χ0n) is 10.6. The summed E-state index contributed by atoms with van der Waals surface area (Å²) in [7, 11) is 0. The quantitative estimate of drug-likeness (QED) is 0.692. The molecule has 20 heavy (non-hydrogen) atoms. The first-order valence-corrected chi connectivity index (χ1v) is 6.24. The van der Waals surface area contributed by atoms with Crippen molar-refractivity contribution >= 4 is 17.3 Å². The minimum Gasteiger partial charge on any atom is -0.320 e. The van der Waals surface area contributed by atoms with Gasteiger partial charge in [-0.25, -0.2) is 4.39 Å². The Morgan fingerprint density at radius 2 is 2.05 bits per heavy atom. The Morgan fingerprint density at radius 1 is 1.35 bits per heavy atom. The maximum Gasteiger partial charge on any atom is 0.269 e. The molecule has 1 unspecified atom stereocenters. The van der Waals surface area contributed by atoms with Crippen LogP contribution in [0.4, 0.5) is 10.1 Å². The molecule has 2 rings (SSSR count). The van der Waals surface area contributed by atoms with Crippen molar-refractivity contribution in [1.29, 1.82) is 0 Å². The van der Waals surface area contributed by atoms with E-state index in [4.69, 9.17) is 17.3 Å². The van der Waals surface area contributed by atoms with E-state index in [0.717, 1.165) is 5.56 Å². The number of rotatable bonds is 3. The molecule has 0 heterocycles. The third-order valence-corrected chi connectivity index (χ3v) is 3.45. The van der Waals surface area contributed by atoms with Crippen LogP contribution >= 0.6 is 11.6 Å². The van der Waals surface area contributed by atoms with Crippen LogP contribution in [0.15, 0.2) is 36.4 Å². The van der Waals surface area contributed by atoms with Crippen molar-refractivity contribution < 1.29 is 9.31 Å². The first kappa shape index (κ1) is 14.4. The van der Waals surface area contributed by atoms with Gasteiger partial charge in [-0.3, -0.25) is 10.1 Å². The smallest absolute Gasteiger partial charge is 0.269 e. The normalized spacial score (nSPS) is 12.2. The van der Waals surface area contributed by atoms with E-state index in [2.05, 4.69) is 0 Å². The van der Waals surface area contributed by atoms with Crippen molar-refractivity contribution in [1.82, 2.24) is 0 Å². The average Bonchev–Trinajstić information content (AvgIpc) is 2.38. The molecule has 2 N–H and O–H groups in total. The van der Waals surface area contributed by atoms with Gasteiger partial charge in [0.05, 0.1) is 11.0 Å². The molecule has 0 saturated carbocycles. The van der Waals surface area contributed by atoms with E-state index >= 15 is 0 Å². The molecule has 0 saturated heterocycles. The van der Waals surface area contributed by atoms with Gasteiger partial charge in [-0.15, -0.1) is 0 Å². The third kappa shape index (κ3) is 2.64. The zero-order chi connectivity index (χ0) is 14.9. The number of hydrogen-bond acceptors (Lipinski definition) is 3. The summed E-state index contributed by atoms with van der Waals surface area (Å²) < 4.78 is 13.9. The summed E-state index contributed by atoms with van der Waals surface area (Å²) in [6.07, 6.45) is 0. The van der Waals surface area contributed by atoms with Crippen molar-refractivity contribution in [3.8, 4) is 0 Å². The fourth-order valence-corrected chi connectivity index (χ4v) is 2.32. The van der Waals surface area contributed by atoms with Crippen molar-refractivity contribution in [2.75, 3.05) is 0 Å². The number of halogens is 2. The van der Waals surface area contributed by atoms with E-state index in [1.165, 1.54) is 30.3 Å². The Balaban J connectivity index is 2.56. The second-order valence-corrected chi connectivity index (χ2v) is 4.82. The largest absolute Gasteiger partial charge is 0.320 e. The van der Waals surface area contributed by atoms with Gasteiger partial charge in [-0.05, 0) is 30.2 Å². The van der Waals surface area contributed by atoms with E-state index < -0.39 is 16.8 Å². The maximum atomic E-state index is 13.9. The fraction of sp³-hybridized carbons (Fsp3) is 0.143. The molecule has 0 fully saturated rings. The molecule has 4 nitrogen and oxygen atoms in total. The second-order valence-electron chi connectivity index (χ2n) is 4.41. The summed E-state index contributed by atoms with van der Waals surface area (Å²) in [5.41, 5.74) is 7.30. The van der Waals surface area contributed by atoms with Crippen LogP contribution in [0.25, 0.3) is 0 Å². The van der Waals surface area contributed by atoms with E-state index in [-0.39, 0.29) is 16.3 Å². The van der Waals surface area contributed by atoms with Crippen molar-refractivity contribution in [3.63, 3.8) is 0 Å². The minimum atomic E-state index is -0.858.